The second-order valence-corrected chi connectivity index (χ2v) is 11.5. The van der Waals surface area contributed by atoms with E-state index in [9.17, 15) is 22.4 Å². The second-order valence-electron chi connectivity index (χ2n) is 9.53. The second kappa shape index (κ2) is 9.33. The molecule has 5 rings (SSSR count). The molecule has 2 aromatic carbocycles. The van der Waals surface area contributed by atoms with Crippen molar-refractivity contribution in [1.29, 1.82) is 0 Å². The van der Waals surface area contributed by atoms with Gasteiger partial charge in [0, 0.05) is 39.3 Å². The Morgan fingerprint density at radius 1 is 0.914 bits per heavy atom. The standard InChI is InChI=1S/C25H29FN4O4S/c1-18-8-10-29(11-9-18)35(33,34)19-6-7-22-20(16-19)24(31)25(32)30(22)17-27-12-14-28(15-13-27)23-5-3-2-4-21(23)26/h2-7,16,18H,8-15,17H2,1H3. The van der Waals surface area contributed by atoms with Crippen LogP contribution in [0.4, 0.5) is 15.8 Å². The molecule has 2 saturated heterocycles. The Morgan fingerprint density at radius 2 is 1.60 bits per heavy atom. The highest BCUT2D eigenvalue weighted by Gasteiger charge is 2.39. The van der Waals surface area contributed by atoms with Gasteiger partial charge < -0.3 is 4.90 Å². The first-order valence-corrected chi connectivity index (χ1v) is 13.4. The van der Waals surface area contributed by atoms with Crippen LogP contribution in [0.25, 0.3) is 0 Å². The number of nitrogens with zero attached hydrogens (tertiary/aromatic N) is 4. The number of amides is 1. The van der Waals surface area contributed by atoms with E-state index >= 15 is 0 Å². The van der Waals surface area contributed by atoms with E-state index < -0.39 is 21.7 Å². The number of hydrogen-bond acceptors (Lipinski definition) is 6. The Hall–Kier alpha value is -2.82. The van der Waals surface area contributed by atoms with Crippen molar-refractivity contribution >= 4 is 33.1 Å². The number of carbonyl (C=O) groups excluding carboxylic acids is 2. The molecule has 10 heteroatoms. The fourth-order valence-electron chi connectivity index (χ4n) is 4.99. The lowest BCUT2D eigenvalue weighted by Gasteiger charge is -2.37. The maximum Gasteiger partial charge on any atom is 0.300 e. The maximum atomic E-state index is 14.1. The molecule has 186 valence electrons. The average molecular weight is 501 g/mol. The number of benzene rings is 2. The highest BCUT2D eigenvalue weighted by molar-refractivity contribution is 7.89. The molecule has 0 bridgehead atoms. The van der Waals surface area contributed by atoms with Crippen LogP contribution in [0.3, 0.4) is 0 Å². The Labute approximate surface area is 205 Å². The maximum absolute atomic E-state index is 14.1. The van der Waals surface area contributed by atoms with Gasteiger partial charge in [-0.1, -0.05) is 19.1 Å². The van der Waals surface area contributed by atoms with E-state index in [-0.39, 0.29) is 22.9 Å². The molecule has 3 aliphatic rings. The highest BCUT2D eigenvalue weighted by Crippen LogP contribution is 2.33. The molecule has 35 heavy (non-hydrogen) atoms. The number of ketones is 1. The molecule has 2 aromatic rings. The van der Waals surface area contributed by atoms with Crippen LogP contribution in [0.2, 0.25) is 0 Å². The number of piperazine rings is 1. The summed E-state index contributed by atoms with van der Waals surface area (Å²) in [6.07, 6.45) is 1.61. The van der Waals surface area contributed by atoms with E-state index in [0.717, 1.165) is 12.8 Å². The summed E-state index contributed by atoms with van der Waals surface area (Å²) in [5, 5.41) is 0. The number of para-hydroxylation sites is 1. The Kier molecular flexibility index (Phi) is 6.37. The number of piperidine rings is 1. The normalized spacial score (nSPS) is 20.5. The van der Waals surface area contributed by atoms with Crippen molar-refractivity contribution in [2.75, 3.05) is 55.7 Å². The first kappa shape index (κ1) is 23.9. The van der Waals surface area contributed by atoms with Gasteiger partial charge in [0.25, 0.3) is 5.78 Å². The third-order valence-electron chi connectivity index (χ3n) is 7.23. The Bertz CT molecular complexity index is 1250. The fraction of sp³-hybridized carbons (Fsp3) is 0.440. The number of fused-ring (bicyclic) bond motifs is 1. The molecule has 0 saturated carbocycles. The van der Waals surface area contributed by atoms with Crippen LogP contribution >= 0.6 is 0 Å². The summed E-state index contributed by atoms with van der Waals surface area (Å²) in [7, 11) is -3.72. The van der Waals surface area contributed by atoms with Crippen LogP contribution in [0.1, 0.15) is 30.1 Å². The van der Waals surface area contributed by atoms with E-state index in [4.69, 9.17) is 0 Å². The lowest BCUT2D eigenvalue weighted by molar-refractivity contribution is -0.114. The van der Waals surface area contributed by atoms with Gasteiger partial charge in [0.15, 0.2) is 0 Å². The van der Waals surface area contributed by atoms with Crippen molar-refractivity contribution in [2.45, 2.75) is 24.7 Å². The summed E-state index contributed by atoms with van der Waals surface area (Å²) < 4.78 is 41.8. The number of carbonyl (C=O) groups is 2. The summed E-state index contributed by atoms with van der Waals surface area (Å²) in [4.78, 5) is 31.0. The molecule has 1 amide bonds. The van der Waals surface area contributed by atoms with Crippen molar-refractivity contribution in [1.82, 2.24) is 9.21 Å². The first-order valence-electron chi connectivity index (χ1n) is 12.0. The zero-order chi connectivity index (χ0) is 24.7. The highest BCUT2D eigenvalue weighted by atomic mass is 32.2. The van der Waals surface area contributed by atoms with Gasteiger partial charge in [-0.3, -0.25) is 19.4 Å². The lowest BCUT2D eigenvalue weighted by atomic mass is 10.0. The van der Waals surface area contributed by atoms with E-state index in [2.05, 4.69) is 6.92 Å². The van der Waals surface area contributed by atoms with Gasteiger partial charge in [0.05, 0.1) is 28.5 Å². The average Bonchev–Trinajstić information content (AvgIpc) is 3.09. The minimum Gasteiger partial charge on any atom is -0.367 e. The minimum atomic E-state index is -3.72. The molecule has 8 nitrogen and oxygen atoms in total. The van der Waals surface area contributed by atoms with Crippen molar-refractivity contribution in [3.63, 3.8) is 0 Å². The van der Waals surface area contributed by atoms with Gasteiger partial charge in [-0.25, -0.2) is 12.8 Å². The molecular formula is C25H29FN4O4S. The topological polar surface area (TPSA) is 81.2 Å². The van der Waals surface area contributed by atoms with E-state index in [0.29, 0.717) is 56.6 Å². The monoisotopic (exact) mass is 500 g/mol. The summed E-state index contributed by atoms with van der Waals surface area (Å²) in [6, 6.07) is 11.0. The zero-order valence-corrected chi connectivity index (χ0v) is 20.5. The molecule has 0 N–H and O–H groups in total. The van der Waals surface area contributed by atoms with Crippen molar-refractivity contribution in [3.05, 3.63) is 53.8 Å². The largest absolute Gasteiger partial charge is 0.367 e. The molecule has 3 heterocycles. The summed E-state index contributed by atoms with van der Waals surface area (Å²) in [5.41, 5.74) is 1.12. The van der Waals surface area contributed by atoms with Crippen LogP contribution in [-0.2, 0) is 14.8 Å². The molecule has 0 aliphatic carbocycles. The van der Waals surface area contributed by atoms with E-state index in [1.54, 1.807) is 24.3 Å². The van der Waals surface area contributed by atoms with E-state index in [1.807, 2.05) is 9.80 Å². The Morgan fingerprint density at radius 3 is 2.29 bits per heavy atom. The van der Waals surface area contributed by atoms with Crippen molar-refractivity contribution in [2.24, 2.45) is 5.92 Å². The molecule has 3 aliphatic heterocycles. The number of sulfonamides is 1. The SMILES string of the molecule is CC1CCN(S(=O)(=O)c2ccc3c(c2)C(=O)C(=O)N3CN2CCN(c3ccccc3F)CC2)CC1. The van der Waals surface area contributed by atoms with Crippen LogP contribution < -0.4 is 9.80 Å². The van der Waals surface area contributed by atoms with Gasteiger partial charge in [0.1, 0.15) is 5.82 Å². The van der Waals surface area contributed by atoms with E-state index in [1.165, 1.54) is 27.4 Å². The fourth-order valence-corrected chi connectivity index (χ4v) is 6.49. The molecule has 0 unspecified atom stereocenters. The smallest absolute Gasteiger partial charge is 0.300 e. The third kappa shape index (κ3) is 4.46. The minimum absolute atomic E-state index is 0.0484. The van der Waals surface area contributed by atoms with Crippen LogP contribution in [-0.4, -0.2) is 75.3 Å². The van der Waals surface area contributed by atoms with Gasteiger partial charge >= 0.3 is 5.91 Å². The first-order chi connectivity index (χ1) is 16.8. The number of hydrogen-bond donors (Lipinski definition) is 0. The number of anilines is 2. The predicted octanol–water partition coefficient (Wildman–Crippen LogP) is 2.56. The third-order valence-corrected chi connectivity index (χ3v) is 9.12. The van der Waals surface area contributed by atoms with Crippen LogP contribution in [0.15, 0.2) is 47.4 Å². The van der Waals surface area contributed by atoms with Gasteiger partial charge in [-0.2, -0.15) is 4.31 Å². The number of halogens is 1. The van der Waals surface area contributed by atoms with Crippen molar-refractivity contribution < 1.29 is 22.4 Å². The molecule has 0 spiro atoms. The predicted molar refractivity (Wildman–Crippen MR) is 130 cm³/mol. The van der Waals surface area contributed by atoms with Gasteiger partial charge in [-0.05, 0) is 49.1 Å². The molecule has 0 radical (unpaired) electrons. The zero-order valence-electron chi connectivity index (χ0n) is 19.7. The summed E-state index contributed by atoms with van der Waals surface area (Å²) >= 11 is 0. The van der Waals surface area contributed by atoms with Crippen LogP contribution in [0.5, 0.6) is 0 Å². The lowest BCUT2D eigenvalue weighted by Crippen LogP contribution is -2.51. The molecular weight excluding hydrogens is 471 g/mol. The molecule has 0 aromatic heterocycles. The van der Waals surface area contributed by atoms with Crippen molar-refractivity contribution in [3.8, 4) is 0 Å². The Balaban J connectivity index is 1.29. The van der Waals surface area contributed by atoms with Crippen LogP contribution in [0, 0.1) is 11.7 Å². The molecule has 0 atom stereocenters. The quantitative estimate of drug-likeness (QED) is 0.587. The van der Waals surface area contributed by atoms with Gasteiger partial charge in [-0.15, -0.1) is 0 Å². The molecule has 2 fully saturated rings. The summed E-state index contributed by atoms with van der Waals surface area (Å²) in [6.45, 7) is 5.63. The number of rotatable bonds is 5. The number of Topliss-reactive ketones (excluding diaryl/α,β-unsaturated/α-hetero) is 1. The summed E-state index contributed by atoms with van der Waals surface area (Å²) in [5.74, 6) is -1.12. The van der Waals surface area contributed by atoms with Gasteiger partial charge in [0.2, 0.25) is 10.0 Å².